The quantitative estimate of drug-likeness (QED) is 0.697. The Bertz CT molecular complexity index is 302. The third-order valence-electron chi connectivity index (χ3n) is 3.03. The number of nitrogens with zero attached hydrogens (tertiary/aromatic N) is 1. The summed E-state index contributed by atoms with van der Waals surface area (Å²) in [5.41, 5.74) is 1.22. The van der Waals surface area contributed by atoms with Gasteiger partial charge in [-0.15, -0.1) is 11.8 Å². The molecule has 0 aliphatic heterocycles. The zero-order chi connectivity index (χ0) is 9.97. The molecular formula is C11H17NOS. The normalized spacial score (nSPS) is 18.7. The molecule has 2 nitrogen and oxygen atoms in total. The fourth-order valence-electron chi connectivity index (χ4n) is 2.27. The van der Waals surface area contributed by atoms with Crippen LogP contribution < -0.4 is 0 Å². The molecule has 3 heteroatoms. The first-order chi connectivity index (χ1) is 6.83. The monoisotopic (exact) mass is 211 g/mol. The smallest absolute Gasteiger partial charge is 0.147 e. The minimum Gasteiger partial charge on any atom is -0.360 e. The molecule has 0 unspecified atom stereocenters. The molecule has 1 fully saturated rings. The Balaban J connectivity index is 2.21. The van der Waals surface area contributed by atoms with Gasteiger partial charge in [0.1, 0.15) is 11.5 Å². The van der Waals surface area contributed by atoms with Gasteiger partial charge >= 0.3 is 0 Å². The van der Waals surface area contributed by atoms with Crippen LogP contribution in [0.25, 0.3) is 0 Å². The van der Waals surface area contributed by atoms with E-state index in [9.17, 15) is 0 Å². The van der Waals surface area contributed by atoms with Gasteiger partial charge in [-0.05, 0) is 26.0 Å². The van der Waals surface area contributed by atoms with Crippen molar-refractivity contribution in [1.29, 1.82) is 0 Å². The molecule has 0 saturated heterocycles. The standard InChI is InChI=1S/C11H17NOS/c1-8-11(14-2)10(12-13-8)9-6-4-3-5-7-9/h9H,3-7H2,1-2H3. The summed E-state index contributed by atoms with van der Waals surface area (Å²) in [6.07, 6.45) is 8.78. The van der Waals surface area contributed by atoms with E-state index < -0.39 is 0 Å². The molecule has 1 aliphatic carbocycles. The average Bonchev–Trinajstić information content (AvgIpc) is 2.61. The summed E-state index contributed by atoms with van der Waals surface area (Å²) in [6, 6.07) is 0. The van der Waals surface area contributed by atoms with Crippen molar-refractivity contribution in [1.82, 2.24) is 5.16 Å². The number of aryl methyl sites for hydroxylation is 1. The molecule has 1 heterocycles. The highest BCUT2D eigenvalue weighted by molar-refractivity contribution is 7.98. The molecule has 0 spiro atoms. The molecule has 0 aromatic carbocycles. The Morgan fingerprint density at radius 3 is 2.64 bits per heavy atom. The lowest BCUT2D eigenvalue weighted by molar-refractivity contribution is 0.367. The Labute approximate surface area is 89.4 Å². The van der Waals surface area contributed by atoms with Gasteiger partial charge in [0.2, 0.25) is 0 Å². The maximum absolute atomic E-state index is 5.27. The molecule has 1 aromatic rings. The highest BCUT2D eigenvalue weighted by Gasteiger charge is 2.23. The summed E-state index contributed by atoms with van der Waals surface area (Å²) in [5.74, 6) is 1.64. The van der Waals surface area contributed by atoms with Gasteiger partial charge in [-0.25, -0.2) is 0 Å². The van der Waals surface area contributed by atoms with Gasteiger partial charge in [0, 0.05) is 5.92 Å². The SMILES string of the molecule is CSc1c(C2CCCCC2)noc1C. The number of aromatic nitrogens is 1. The molecule has 0 bridgehead atoms. The Morgan fingerprint density at radius 2 is 2.00 bits per heavy atom. The van der Waals surface area contributed by atoms with E-state index in [-0.39, 0.29) is 0 Å². The molecular weight excluding hydrogens is 194 g/mol. The molecule has 14 heavy (non-hydrogen) atoms. The molecule has 78 valence electrons. The van der Waals surface area contributed by atoms with Crippen molar-refractivity contribution in [3.8, 4) is 0 Å². The number of thioether (sulfide) groups is 1. The Morgan fingerprint density at radius 1 is 1.29 bits per heavy atom. The molecule has 0 radical (unpaired) electrons. The van der Waals surface area contributed by atoms with Crippen LogP contribution >= 0.6 is 11.8 Å². The molecule has 0 atom stereocenters. The summed E-state index contributed by atoms with van der Waals surface area (Å²) in [5, 5.41) is 4.21. The van der Waals surface area contributed by atoms with Gasteiger partial charge < -0.3 is 4.52 Å². The third-order valence-corrected chi connectivity index (χ3v) is 3.93. The zero-order valence-electron chi connectivity index (χ0n) is 8.88. The van der Waals surface area contributed by atoms with E-state index in [0.717, 1.165) is 5.76 Å². The van der Waals surface area contributed by atoms with Crippen LogP contribution in [-0.4, -0.2) is 11.4 Å². The van der Waals surface area contributed by atoms with Gasteiger partial charge in [0.05, 0.1) is 4.90 Å². The number of rotatable bonds is 2. The van der Waals surface area contributed by atoms with Crippen molar-refractivity contribution >= 4 is 11.8 Å². The molecule has 2 rings (SSSR count). The predicted octanol–water partition coefficient (Wildman–Crippen LogP) is 3.75. The van der Waals surface area contributed by atoms with E-state index in [1.54, 1.807) is 11.8 Å². The second kappa shape index (κ2) is 4.39. The minimum atomic E-state index is 0.656. The van der Waals surface area contributed by atoms with Crippen molar-refractivity contribution in [2.45, 2.75) is 49.8 Å². The number of hydrogen-bond donors (Lipinski definition) is 0. The molecule has 1 saturated carbocycles. The van der Waals surface area contributed by atoms with E-state index in [0.29, 0.717) is 5.92 Å². The lowest BCUT2D eigenvalue weighted by atomic mass is 9.87. The zero-order valence-corrected chi connectivity index (χ0v) is 9.69. The van der Waals surface area contributed by atoms with Gasteiger partial charge in [0.15, 0.2) is 0 Å². The fourth-order valence-corrected chi connectivity index (χ4v) is 3.00. The Hall–Kier alpha value is -0.440. The van der Waals surface area contributed by atoms with Gasteiger partial charge in [-0.1, -0.05) is 24.4 Å². The highest BCUT2D eigenvalue weighted by Crippen LogP contribution is 2.37. The lowest BCUT2D eigenvalue weighted by Gasteiger charge is -2.19. The summed E-state index contributed by atoms with van der Waals surface area (Å²) >= 11 is 1.77. The second-order valence-corrected chi connectivity index (χ2v) is 4.81. The van der Waals surface area contributed by atoms with Crippen LogP contribution in [0.1, 0.15) is 49.5 Å². The predicted molar refractivity (Wildman–Crippen MR) is 58.8 cm³/mol. The minimum absolute atomic E-state index is 0.656. The first-order valence-electron chi connectivity index (χ1n) is 5.33. The van der Waals surface area contributed by atoms with Crippen LogP contribution in [0.2, 0.25) is 0 Å². The van der Waals surface area contributed by atoms with Crippen LogP contribution in [0, 0.1) is 6.92 Å². The number of hydrogen-bond acceptors (Lipinski definition) is 3. The van der Waals surface area contributed by atoms with Crippen LogP contribution in [-0.2, 0) is 0 Å². The van der Waals surface area contributed by atoms with E-state index in [1.807, 2.05) is 6.92 Å². The largest absolute Gasteiger partial charge is 0.360 e. The average molecular weight is 211 g/mol. The molecule has 1 aliphatic rings. The first-order valence-corrected chi connectivity index (χ1v) is 6.55. The van der Waals surface area contributed by atoms with Crippen LogP contribution in [0.4, 0.5) is 0 Å². The second-order valence-electron chi connectivity index (χ2n) is 3.99. The van der Waals surface area contributed by atoms with Gasteiger partial charge in [0.25, 0.3) is 0 Å². The Kier molecular flexibility index (Phi) is 3.16. The van der Waals surface area contributed by atoms with E-state index in [2.05, 4.69) is 11.4 Å². The van der Waals surface area contributed by atoms with Crippen molar-refractivity contribution < 1.29 is 4.52 Å². The lowest BCUT2D eigenvalue weighted by Crippen LogP contribution is -2.05. The molecule has 1 aromatic heterocycles. The maximum Gasteiger partial charge on any atom is 0.147 e. The van der Waals surface area contributed by atoms with Crippen LogP contribution in [0.5, 0.6) is 0 Å². The highest BCUT2D eigenvalue weighted by atomic mass is 32.2. The fraction of sp³-hybridized carbons (Fsp3) is 0.727. The summed E-state index contributed by atoms with van der Waals surface area (Å²) in [6.45, 7) is 2.01. The topological polar surface area (TPSA) is 26.0 Å². The summed E-state index contributed by atoms with van der Waals surface area (Å²) < 4.78 is 5.27. The maximum atomic E-state index is 5.27. The van der Waals surface area contributed by atoms with Gasteiger partial charge in [-0.3, -0.25) is 0 Å². The first kappa shape index (κ1) is 10.1. The summed E-state index contributed by atoms with van der Waals surface area (Å²) in [7, 11) is 0. The van der Waals surface area contributed by atoms with E-state index >= 15 is 0 Å². The van der Waals surface area contributed by atoms with E-state index in [4.69, 9.17) is 4.52 Å². The van der Waals surface area contributed by atoms with Crippen LogP contribution in [0.3, 0.4) is 0 Å². The van der Waals surface area contributed by atoms with E-state index in [1.165, 1.54) is 42.7 Å². The van der Waals surface area contributed by atoms with Crippen molar-refractivity contribution in [2.75, 3.05) is 6.26 Å². The summed E-state index contributed by atoms with van der Waals surface area (Å²) in [4.78, 5) is 1.27. The molecule has 0 N–H and O–H groups in total. The van der Waals surface area contributed by atoms with Crippen molar-refractivity contribution in [3.05, 3.63) is 11.5 Å². The van der Waals surface area contributed by atoms with Crippen LogP contribution in [0.15, 0.2) is 9.42 Å². The third kappa shape index (κ3) is 1.83. The van der Waals surface area contributed by atoms with Crippen molar-refractivity contribution in [2.24, 2.45) is 0 Å². The molecule has 0 amide bonds. The van der Waals surface area contributed by atoms with Crippen molar-refractivity contribution in [3.63, 3.8) is 0 Å². The van der Waals surface area contributed by atoms with Gasteiger partial charge in [-0.2, -0.15) is 0 Å².